The van der Waals surface area contributed by atoms with E-state index in [0.29, 0.717) is 0 Å². The molecule has 0 N–H and O–H groups in total. The third-order valence-corrected chi connectivity index (χ3v) is 5.66. The molecule has 0 amide bonds. The minimum Gasteiger partial charge on any atom is -0.383 e. The van der Waals surface area contributed by atoms with Gasteiger partial charge in [0, 0.05) is 26.3 Å². The van der Waals surface area contributed by atoms with Crippen LogP contribution < -0.4 is 0 Å². The van der Waals surface area contributed by atoms with Crippen LogP contribution in [0.15, 0.2) is 53.4 Å². The molecule has 0 bridgehead atoms. The predicted octanol–water partition coefficient (Wildman–Crippen LogP) is 3.09. The van der Waals surface area contributed by atoms with Gasteiger partial charge in [0.05, 0.1) is 16.4 Å². The van der Waals surface area contributed by atoms with Gasteiger partial charge in [-0.2, -0.15) is 4.31 Å². The lowest BCUT2D eigenvalue weighted by Crippen LogP contribution is -2.33. The number of ether oxygens (including phenoxy) is 1. The maximum Gasteiger partial charge on any atom is 0.289 e. The van der Waals surface area contributed by atoms with Gasteiger partial charge in [-0.1, -0.05) is 41.9 Å². The molecule has 2 aromatic rings. The van der Waals surface area contributed by atoms with Crippen molar-refractivity contribution in [3.05, 3.63) is 69.2 Å². The van der Waals surface area contributed by atoms with Crippen LogP contribution in [0.1, 0.15) is 5.56 Å². The maximum absolute atomic E-state index is 12.9. The van der Waals surface area contributed by atoms with E-state index < -0.39 is 20.6 Å². The highest BCUT2D eigenvalue weighted by atomic mass is 35.5. The van der Waals surface area contributed by atoms with Gasteiger partial charge in [0.15, 0.2) is 0 Å². The Labute approximate surface area is 151 Å². The zero-order chi connectivity index (χ0) is 18.4. The number of rotatable bonds is 8. The molecule has 0 atom stereocenters. The Morgan fingerprint density at radius 1 is 1.20 bits per heavy atom. The van der Waals surface area contributed by atoms with Crippen molar-refractivity contribution < 1.29 is 18.1 Å². The molecule has 7 nitrogen and oxygen atoms in total. The van der Waals surface area contributed by atoms with Crippen molar-refractivity contribution in [3.8, 4) is 0 Å². The Kier molecular flexibility index (Phi) is 6.49. The molecule has 0 unspecified atom stereocenters. The Bertz CT molecular complexity index is 843. The van der Waals surface area contributed by atoms with Crippen LogP contribution in [0.5, 0.6) is 0 Å². The fourth-order valence-corrected chi connectivity index (χ4v) is 3.83. The summed E-state index contributed by atoms with van der Waals surface area (Å²) in [5.74, 6) is 0. The first-order valence-electron chi connectivity index (χ1n) is 7.33. The summed E-state index contributed by atoms with van der Waals surface area (Å²) < 4.78 is 32.1. The van der Waals surface area contributed by atoms with Crippen molar-refractivity contribution in [2.24, 2.45) is 0 Å². The topological polar surface area (TPSA) is 89.8 Å². The Balaban J connectivity index is 2.40. The number of halogens is 1. The van der Waals surface area contributed by atoms with E-state index in [1.54, 1.807) is 12.1 Å². The summed E-state index contributed by atoms with van der Waals surface area (Å²) in [5, 5.41) is 10.9. The lowest BCUT2D eigenvalue weighted by Gasteiger charge is -2.22. The minimum atomic E-state index is -3.95. The summed E-state index contributed by atoms with van der Waals surface area (Å²) in [6.45, 7) is 0.439. The molecule has 0 aliphatic heterocycles. The SMILES string of the molecule is COCCN(Cc1ccccc1)S(=O)(=O)c1ccc(Cl)c([N+](=O)[O-])c1. The molecule has 0 saturated heterocycles. The molecule has 2 aromatic carbocycles. The molecule has 2 rings (SSSR count). The molecule has 0 radical (unpaired) electrons. The number of sulfonamides is 1. The molecule has 0 aliphatic carbocycles. The van der Waals surface area contributed by atoms with Gasteiger partial charge in [-0.3, -0.25) is 10.1 Å². The number of hydrogen-bond donors (Lipinski definition) is 0. The molecule has 9 heteroatoms. The Hall–Kier alpha value is -2.00. The van der Waals surface area contributed by atoms with E-state index >= 15 is 0 Å². The van der Waals surface area contributed by atoms with Crippen molar-refractivity contribution in [2.45, 2.75) is 11.4 Å². The van der Waals surface area contributed by atoms with Crippen molar-refractivity contribution >= 4 is 27.3 Å². The zero-order valence-corrected chi connectivity index (χ0v) is 15.0. The van der Waals surface area contributed by atoms with Crippen LogP contribution in [0, 0.1) is 10.1 Å². The first kappa shape index (κ1) is 19.3. The summed E-state index contributed by atoms with van der Waals surface area (Å²) >= 11 is 5.76. The van der Waals surface area contributed by atoms with E-state index in [0.717, 1.165) is 11.6 Å². The molecule has 0 spiro atoms. The van der Waals surface area contributed by atoms with Crippen LogP contribution >= 0.6 is 11.6 Å². The van der Waals surface area contributed by atoms with Gasteiger partial charge in [0.2, 0.25) is 10.0 Å². The number of nitrogens with zero attached hydrogens (tertiary/aromatic N) is 2. The fourth-order valence-electron chi connectivity index (χ4n) is 2.21. The highest BCUT2D eigenvalue weighted by molar-refractivity contribution is 7.89. The van der Waals surface area contributed by atoms with E-state index in [2.05, 4.69) is 0 Å². The van der Waals surface area contributed by atoms with Gasteiger partial charge in [-0.05, 0) is 17.7 Å². The van der Waals surface area contributed by atoms with Crippen molar-refractivity contribution in [3.63, 3.8) is 0 Å². The smallest absolute Gasteiger partial charge is 0.289 e. The average molecular weight is 385 g/mol. The van der Waals surface area contributed by atoms with Gasteiger partial charge < -0.3 is 4.74 Å². The first-order valence-corrected chi connectivity index (χ1v) is 9.15. The molecule has 134 valence electrons. The third kappa shape index (κ3) is 4.76. The molecular formula is C16H17ClN2O5S. The number of nitro benzene ring substituents is 1. The van der Waals surface area contributed by atoms with E-state index in [4.69, 9.17) is 16.3 Å². The van der Waals surface area contributed by atoms with Crippen molar-refractivity contribution in [1.29, 1.82) is 0 Å². The van der Waals surface area contributed by atoms with Crippen LogP contribution in [0.4, 0.5) is 5.69 Å². The normalized spacial score (nSPS) is 11.6. The standard InChI is InChI=1S/C16H17ClN2O5S/c1-24-10-9-18(12-13-5-3-2-4-6-13)25(22,23)14-7-8-15(17)16(11-14)19(20)21/h2-8,11H,9-10,12H2,1H3. The Morgan fingerprint density at radius 3 is 2.48 bits per heavy atom. The molecule has 0 fully saturated rings. The van der Waals surface area contributed by atoms with Crippen LogP contribution in [0.3, 0.4) is 0 Å². The van der Waals surface area contributed by atoms with Gasteiger partial charge in [0.1, 0.15) is 5.02 Å². The second kappa shape index (κ2) is 8.39. The summed E-state index contributed by atoms with van der Waals surface area (Å²) in [7, 11) is -2.48. The summed E-state index contributed by atoms with van der Waals surface area (Å²) in [4.78, 5) is 10.1. The lowest BCUT2D eigenvalue weighted by molar-refractivity contribution is -0.384. The summed E-state index contributed by atoms with van der Waals surface area (Å²) in [6.07, 6.45) is 0. The molecule has 25 heavy (non-hydrogen) atoms. The van der Waals surface area contributed by atoms with Gasteiger partial charge in [-0.25, -0.2) is 8.42 Å². The second-order valence-electron chi connectivity index (χ2n) is 5.19. The van der Waals surface area contributed by atoms with Crippen molar-refractivity contribution in [1.82, 2.24) is 4.31 Å². The van der Waals surface area contributed by atoms with Gasteiger partial charge >= 0.3 is 0 Å². The van der Waals surface area contributed by atoms with Gasteiger partial charge in [0.25, 0.3) is 5.69 Å². The van der Waals surface area contributed by atoms with Crippen LogP contribution in [0.25, 0.3) is 0 Å². The van der Waals surface area contributed by atoms with Crippen molar-refractivity contribution in [2.75, 3.05) is 20.3 Å². The zero-order valence-electron chi connectivity index (χ0n) is 13.5. The molecular weight excluding hydrogens is 368 g/mol. The van der Waals surface area contributed by atoms with E-state index in [1.807, 2.05) is 18.2 Å². The largest absolute Gasteiger partial charge is 0.383 e. The molecule has 0 saturated carbocycles. The fraction of sp³-hybridized carbons (Fsp3) is 0.250. The quantitative estimate of drug-likeness (QED) is 0.515. The predicted molar refractivity (Wildman–Crippen MR) is 94.0 cm³/mol. The monoisotopic (exact) mass is 384 g/mol. The number of nitro groups is 1. The number of benzene rings is 2. The van der Waals surface area contributed by atoms with Crippen LogP contribution in [0.2, 0.25) is 5.02 Å². The lowest BCUT2D eigenvalue weighted by atomic mass is 10.2. The van der Waals surface area contributed by atoms with E-state index in [-0.39, 0.29) is 29.6 Å². The maximum atomic E-state index is 12.9. The average Bonchev–Trinajstić information content (AvgIpc) is 2.59. The van der Waals surface area contributed by atoms with Crippen LogP contribution in [-0.2, 0) is 21.3 Å². The highest BCUT2D eigenvalue weighted by Crippen LogP contribution is 2.29. The number of methoxy groups -OCH3 is 1. The first-order chi connectivity index (χ1) is 11.9. The van der Waals surface area contributed by atoms with Crippen LogP contribution in [-0.4, -0.2) is 37.9 Å². The Morgan fingerprint density at radius 2 is 1.88 bits per heavy atom. The van der Waals surface area contributed by atoms with E-state index in [9.17, 15) is 18.5 Å². The molecule has 0 aromatic heterocycles. The summed E-state index contributed by atoms with van der Waals surface area (Å²) in [6, 6.07) is 12.5. The third-order valence-electron chi connectivity index (χ3n) is 3.50. The minimum absolute atomic E-state index is 0.115. The summed E-state index contributed by atoms with van der Waals surface area (Å²) in [5.41, 5.74) is 0.347. The van der Waals surface area contributed by atoms with Gasteiger partial charge in [-0.15, -0.1) is 0 Å². The molecule has 0 heterocycles. The molecule has 0 aliphatic rings. The highest BCUT2D eigenvalue weighted by Gasteiger charge is 2.27. The van der Waals surface area contributed by atoms with E-state index in [1.165, 1.54) is 23.5 Å². The number of hydrogen-bond acceptors (Lipinski definition) is 5. The second-order valence-corrected chi connectivity index (χ2v) is 7.53.